The van der Waals surface area contributed by atoms with Gasteiger partial charge >= 0.3 is 0 Å². The average Bonchev–Trinajstić information content (AvgIpc) is 2.68. The first-order valence-electron chi connectivity index (χ1n) is 7.41. The average molecular weight is 222 g/mol. The van der Waals surface area contributed by atoms with Crippen molar-refractivity contribution in [3.05, 3.63) is 0 Å². The van der Waals surface area contributed by atoms with E-state index in [1.165, 1.54) is 77.5 Å². The minimum absolute atomic E-state index is 0.907. The highest BCUT2D eigenvalue weighted by Gasteiger charge is 2.31. The van der Waals surface area contributed by atoms with E-state index in [-0.39, 0.29) is 0 Å². The summed E-state index contributed by atoms with van der Waals surface area (Å²) in [4.78, 5) is 5.60. The van der Waals surface area contributed by atoms with Gasteiger partial charge in [0.1, 0.15) is 0 Å². The third-order valence-electron chi connectivity index (χ3n) is 4.93. The second-order valence-electron chi connectivity index (χ2n) is 5.97. The van der Waals surface area contributed by atoms with Crippen molar-refractivity contribution in [1.29, 1.82) is 0 Å². The Morgan fingerprint density at radius 3 is 2.12 bits per heavy atom. The lowest BCUT2D eigenvalue weighted by atomic mass is 9.94. The van der Waals surface area contributed by atoms with Gasteiger partial charge < -0.3 is 0 Å². The minimum Gasteiger partial charge on any atom is -0.299 e. The third kappa shape index (κ3) is 2.28. The number of nitrogens with zero attached hydrogens (tertiary/aromatic N) is 2. The Morgan fingerprint density at radius 2 is 1.25 bits per heavy atom. The van der Waals surface area contributed by atoms with Crippen molar-refractivity contribution in [3.8, 4) is 0 Å². The van der Waals surface area contributed by atoms with Crippen LogP contribution in [0.1, 0.15) is 51.4 Å². The largest absolute Gasteiger partial charge is 0.299 e. The minimum atomic E-state index is 0.907. The molecule has 1 aliphatic carbocycles. The molecule has 92 valence electrons. The summed E-state index contributed by atoms with van der Waals surface area (Å²) in [5, 5.41) is 0. The summed E-state index contributed by atoms with van der Waals surface area (Å²) in [7, 11) is 0. The fraction of sp³-hybridized carbons (Fsp3) is 1.00. The van der Waals surface area contributed by atoms with Crippen molar-refractivity contribution >= 4 is 0 Å². The van der Waals surface area contributed by atoms with Gasteiger partial charge in [0.2, 0.25) is 0 Å². The fourth-order valence-electron chi connectivity index (χ4n) is 4.01. The van der Waals surface area contributed by atoms with Crippen LogP contribution in [0, 0.1) is 0 Å². The molecule has 2 heterocycles. The first-order valence-corrected chi connectivity index (χ1v) is 7.41. The summed E-state index contributed by atoms with van der Waals surface area (Å²) in [6.45, 7) is 5.50. The predicted octanol–water partition coefficient (Wildman–Crippen LogP) is 2.49. The van der Waals surface area contributed by atoms with Crippen LogP contribution in [0.4, 0.5) is 0 Å². The van der Waals surface area contributed by atoms with Gasteiger partial charge in [-0.3, -0.25) is 9.80 Å². The molecule has 3 fully saturated rings. The van der Waals surface area contributed by atoms with Gasteiger partial charge in [-0.05, 0) is 51.7 Å². The van der Waals surface area contributed by atoms with Crippen LogP contribution in [0.3, 0.4) is 0 Å². The zero-order chi connectivity index (χ0) is 10.8. The highest BCUT2D eigenvalue weighted by atomic mass is 15.3. The zero-order valence-corrected chi connectivity index (χ0v) is 10.5. The lowest BCUT2D eigenvalue weighted by molar-refractivity contribution is 0.141. The van der Waals surface area contributed by atoms with Crippen molar-refractivity contribution < 1.29 is 0 Å². The summed E-state index contributed by atoms with van der Waals surface area (Å²) in [5.74, 6) is 0. The summed E-state index contributed by atoms with van der Waals surface area (Å²) < 4.78 is 0. The van der Waals surface area contributed by atoms with Gasteiger partial charge in [-0.15, -0.1) is 0 Å². The molecule has 0 spiro atoms. The van der Waals surface area contributed by atoms with Gasteiger partial charge in [-0.1, -0.05) is 19.3 Å². The standard InChI is InChI=1S/C14H26N2/c1-2-6-13(7-3-1)16-11-5-10-15-9-4-8-14(15)12-16/h13-14H,1-12H2. The zero-order valence-electron chi connectivity index (χ0n) is 10.5. The second kappa shape index (κ2) is 5.05. The van der Waals surface area contributed by atoms with Gasteiger partial charge in [0.25, 0.3) is 0 Å². The molecule has 3 aliphatic rings. The first kappa shape index (κ1) is 11.0. The Bertz CT molecular complexity index is 223. The van der Waals surface area contributed by atoms with Crippen LogP contribution in [0.15, 0.2) is 0 Å². The molecule has 1 saturated carbocycles. The maximum Gasteiger partial charge on any atom is 0.0223 e. The van der Waals surface area contributed by atoms with Gasteiger partial charge in [0, 0.05) is 18.6 Å². The first-order chi connectivity index (χ1) is 7.93. The van der Waals surface area contributed by atoms with Crippen LogP contribution in [0.25, 0.3) is 0 Å². The van der Waals surface area contributed by atoms with Crippen LogP contribution in [0.5, 0.6) is 0 Å². The quantitative estimate of drug-likeness (QED) is 0.672. The number of rotatable bonds is 1. The van der Waals surface area contributed by atoms with Crippen LogP contribution >= 0.6 is 0 Å². The molecule has 0 amide bonds. The molecule has 1 unspecified atom stereocenters. The smallest absolute Gasteiger partial charge is 0.0223 e. The van der Waals surface area contributed by atoms with Crippen molar-refractivity contribution in [1.82, 2.24) is 9.80 Å². The molecule has 0 aromatic heterocycles. The van der Waals surface area contributed by atoms with Crippen LogP contribution < -0.4 is 0 Å². The maximum atomic E-state index is 2.84. The van der Waals surface area contributed by atoms with E-state index in [0.29, 0.717) is 0 Å². The predicted molar refractivity (Wildman–Crippen MR) is 67.7 cm³/mol. The molecule has 0 aromatic carbocycles. The summed E-state index contributed by atoms with van der Waals surface area (Å²) in [5.41, 5.74) is 0. The van der Waals surface area contributed by atoms with Gasteiger partial charge in [0.05, 0.1) is 0 Å². The molecule has 0 radical (unpaired) electrons. The van der Waals surface area contributed by atoms with Crippen molar-refractivity contribution in [2.45, 2.75) is 63.5 Å². The molecular formula is C14H26N2. The third-order valence-corrected chi connectivity index (χ3v) is 4.93. The van der Waals surface area contributed by atoms with Gasteiger partial charge in [0.15, 0.2) is 0 Å². The van der Waals surface area contributed by atoms with E-state index in [1.807, 2.05) is 0 Å². The molecule has 2 heteroatoms. The molecule has 2 aliphatic heterocycles. The second-order valence-corrected chi connectivity index (χ2v) is 5.97. The van der Waals surface area contributed by atoms with Crippen molar-refractivity contribution in [2.24, 2.45) is 0 Å². The molecule has 2 nitrogen and oxygen atoms in total. The molecule has 3 rings (SSSR count). The van der Waals surface area contributed by atoms with Crippen LogP contribution in [-0.2, 0) is 0 Å². The van der Waals surface area contributed by atoms with E-state index in [0.717, 1.165) is 12.1 Å². The highest BCUT2D eigenvalue weighted by Crippen LogP contribution is 2.27. The van der Waals surface area contributed by atoms with E-state index in [4.69, 9.17) is 0 Å². The topological polar surface area (TPSA) is 6.48 Å². The molecule has 1 atom stereocenters. The normalized spacial score (nSPS) is 34.9. The molecule has 0 bridgehead atoms. The SMILES string of the molecule is C1CCC(N2CCCN3CCCC3C2)CC1. The fourth-order valence-corrected chi connectivity index (χ4v) is 4.01. The molecular weight excluding hydrogens is 196 g/mol. The van der Waals surface area contributed by atoms with E-state index in [9.17, 15) is 0 Å². The monoisotopic (exact) mass is 222 g/mol. The Balaban J connectivity index is 1.61. The lowest BCUT2D eigenvalue weighted by Gasteiger charge is -2.35. The number of hydrogen-bond donors (Lipinski definition) is 0. The number of hydrogen-bond acceptors (Lipinski definition) is 2. The Labute approximate surface area is 100.0 Å². The molecule has 16 heavy (non-hydrogen) atoms. The van der Waals surface area contributed by atoms with E-state index >= 15 is 0 Å². The highest BCUT2D eigenvalue weighted by molar-refractivity contribution is 4.88. The van der Waals surface area contributed by atoms with Crippen molar-refractivity contribution in [2.75, 3.05) is 26.2 Å². The molecule has 2 saturated heterocycles. The van der Waals surface area contributed by atoms with Crippen LogP contribution in [-0.4, -0.2) is 48.1 Å². The van der Waals surface area contributed by atoms with Crippen molar-refractivity contribution in [3.63, 3.8) is 0 Å². The Kier molecular flexibility index (Phi) is 3.49. The lowest BCUT2D eigenvalue weighted by Crippen LogP contribution is -2.42. The summed E-state index contributed by atoms with van der Waals surface area (Å²) >= 11 is 0. The molecule has 0 N–H and O–H groups in total. The Morgan fingerprint density at radius 1 is 0.562 bits per heavy atom. The van der Waals surface area contributed by atoms with E-state index in [2.05, 4.69) is 9.80 Å². The van der Waals surface area contributed by atoms with E-state index in [1.54, 1.807) is 0 Å². The number of fused-ring (bicyclic) bond motifs is 1. The molecule has 0 aromatic rings. The van der Waals surface area contributed by atoms with Crippen LogP contribution in [0.2, 0.25) is 0 Å². The Hall–Kier alpha value is -0.0800. The van der Waals surface area contributed by atoms with Gasteiger partial charge in [-0.25, -0.2) is 0 Å². The maximum absolute atomic E-state index is 2.84. The summed E-state index contributed by atoms with van der Waals surface area (Å²) in [6.07, 6.45) is 11.7. The summed E-state index contributed by atoms with van der Waals surface area (Å²) in [6, 6.07) is 1.85. The van der Waals surface area contributed by atoms with Gasteiger partial charge in [-0.2, -0.15) is 0 Å². The van der Waals surface area contributed by atoms with E-state index < -0.39 is 0 Å².